The molecule has 0 aromatic heterocycles. The zero-order valence-electron chi connectivity index (χ0n) is 13.1. The number of benzene rings is 2. The van der Waals surface area contributed by atoms with Crippen molar-refractivity contribution in [2.24, 2.45) is 0 Å². The Hall–Kier alpha value is -2.65. The summed E-state index contributed by atoms with van der Waals surface area (Å²) in [5.74, 6) is -0.0984. The average Bonchev–Trinajstić information content (AvgIpc) is 2.64. The quantitative estimate of drug-likeness (QED) is 0.308. The highest BCUT2D eigenvalue weighted by Crippen LogP contribution is 2.20. The Labute approximate surface area is 154 Å². The van der Waals surface area contributed by atoms with Crippen LogP contribution in [0.15, 0.2) is 59.5 Å². The van der Waals surface area contributed by atoms with Crippen LogP contribution in [0.2, 0.25) is 0 Å². The molecule has 0 fully saturated rings. The number of nitro benzene ring substituents is 1. The molecule has 0 aliphatic heterocycles. The number of nitrogens with one attached hydrogen (secondary N) is 3. The largest absolute Gasteiger partial charge is 0.357 e. The second-order valence-electron chi connectivity index (χ2n) is 4.88. The molecular weight excluding hydrogens is 360 g/mol. The van der Waals surface area contributed by atoms with E-state index in [0.29, 0.717) is 11.7 Å². The minimum Gasteiger partial charge on any atom is -0.357 e. The van der Waals surface area contributed by atoms with Crippen LogP contribution in [0.3, 0.4) is 0 Å². The summed E-state index contributed by atoms with van der Waals surface area (Å²) in [6.07, 6.45) is 0. The summed E-state index contributed by atoms with van der Waals surface area (Å²) in [5, 5.41) is 13.9. The first-order valence-electron chi connectivity index (χ1n) is 7.28. The third-order valence-corrected chi connectivity index (χ3v) is 4.29. The first-order chi connectivity index (χ1) is 12.0. The molecule has 25 heavy (non-hydrogen) atoms. The maximum atomic E-state index is 11.8. The topological polar surface area (TPSA) is 96.3 Å². The minimum atomic E-state index is -0.464. The van der Waals surface area contributed by atoms with Crippen LogP contribution in [0.1, 0.15) is 5.56 Å². The van der Waals surface area contributed by atoms with E-state index in [0.717, 1.165) is 10.5 Å². The molecule has 7 nitrogen and oxygen atoms in total. The van der Waals surface area contributed by atoms with Crippen LogP contribution in [0.5, 0.6) is 0 Å². The van der Waals surface area contributed by atoms with Gasteiger partial charge in [-0.2, -0.15) is 0 Å². The Morgan fingerprint density at radius 3 is 2.40 bits per heavy atom. The summed E-state index contributed by atoms with van der Waals surface area (Å²) in [6, 6.07) is 15.8. The van der Waals surface area contributed by atoms with Gasteiger partial charge >= 0.3 is 0 Å². The number of rotatable bonds is 6. The molecule has 0 unspecified atom stereocenters. The van der Waals surface area contributed by atoms with Crippen molar-refractivity contribution in [2.45, 2.75) is 11.4 Å². The van der Waals surface area contributed by atoms with Crippen molar-refractivity contribution >= 4 is 40.7 Å². The molecule has 0 heterocycles. The Morgan fingerprint density at radius 2 is 1.76 bits per heavy atom. The lowest BCUT2D eigenvalue weighted by atomic mass is 10.2. The smallest absolute Gasteiger partial charge is 0.269 e. The van der Waals surface area contributed by atoms with Gasteiger partial charge in [-0.15, -0.1) is 11.8 Å². The summed E-state index contributed by atoms with van der Waals surface area (Å²) in [5.41, 5.74) is 6.22. The van der Waals surface area contributed by atoms with Gasteiger partial charge in [-0.25, -0.2) is 0 Å². The van der Waals surface area contributed by atoms with Crippen LogP contribution < -0.4 is 16.2 Å². The normalized spacial score (nSPS) is 9.92. The van der Waals surface area contributed by atoms with Crippen molar-refractivity contribution in [3.05, 3.63) is 70.3 Å². The number of thiocarbonyl (C=S) groups is 1. The van der Waals surface area contributed by atoms with Crippen molar-refractivity contribution < 1.29 is 9.72 Å². The van der Waals surface area contributed by atoms with E-state index in [-0.39, 0.29) is 17.3 Å². The highest BCUT2D eigenvalue weighted by molar-refractivity contribution is 8.00. The Balaban J connectivity index is 1.66. The number of nitrogens with zero attached hydrogens (tertiary/aromatic N) is 1. The Morgan fingerprint density at radius 1 is 1.08 bits per heavy atom. The van der Waals surface area contributed by atoms with E-state index < -0.39 is 4.92 Å². The van der Waals surface area contributed by atoms with Gasteiger partial charge in [0.1, 0.15) is 0 Å². The van der Waals surface area contributed by atoms with Gasteiger partial charge in [0.15, 0.2) is 5.11 Å². The van der Waals surface area contributed by atoms with Crippen LogP contribution in [0.4, 0.5) is 5.69 Å². The van der Waals surface area contributed by atoms with Gasteiger partial charge in [0.05, 0.1) is 10.7 Å². The molecule has 0 aliphatic carbocycles. The van der Waals surface area contributed by atoms with E-state index in [1.165, 1.54) is 23.9 Å². The molecule has 2 aromatic rings. The first-order valence-corrected chi connectivity index (χ1v) is 8.68. The molecule has 0 aliphatic rings. The standard InChI is InChI=1S/C16H16N4O3S2/c21-15(11-25-14-8-6-13(7-9-14)20(22)23)18-19-16(24)17-10-12-4-2-1-3-5-12/h1-9H,10-11H2,(H,18,21)(H2,17,19,24). The molecule has 0 radical (unpaired) electrons. The predicted octanol–water partition coefficient (Wildman–Crippen LogP) is 2.38. The molecule has 0 saturated heterocycles. The van der Waals surface area contributed by atoms with Gasteiger partial charge in [-0.3, -0.25) is 25.8 Å². The van der Waals surface area contributed by atoms with Crippen molar-refractivity contribution in [1.82, 2.24) is 16.2 Å². The number of nitro groups is 1. The predicted molar refractivity (Wildman–Crippen MR) is 101 cm³/mol. The summed E-state index contributed by atoms with van der Waals surface area (Å²) in [7, 11) is 0. The molecule has 1 amide bonds. The van der Waals surface area contributed by atoms with Gasteiger partial charge < -0.3 is 5.32 Å². The van der Waals surface area contributed by atoms with E-state index in [2.05, 4.69) is 16.2 Å². The maximum Gasteiger partial charge on any atom is 0.269 e. The van der Waals surface area contributed by atoms with E-state index in [1.807, 2.05) is 30.3 Å². The van der Waals surface area contributed by atoms with E-state index in [9.17, 15) is 14.9 Å². The van der Waals surface area contributed by atoms with Crippen molar-refractivity contribution in [3.63, 3.8) is 0 Å². The lowest BCUT2D eigenvalue weighted by molar-refractivity contribution is -0.384. The molecule has 0 spiro atoms. The summed E-state index contributed by atoms with van der Waals surface area (Å²) in [6.45, 7) is 0.556. The number of carbonyl (C=O) groups is 1. The highest BCUT2D eigenvalue weighted by Gasteiger charge is 2.07. The van der Waals surface area contributed by atoms with E-state index in [1.54, 1.807) is 12.1 Å². The highest BCUT2D eigenvalue weighted by atomic mass is 32.2. The molecular formula is C16H16N4O3S2. The Kier molecular flexibility index (Phi) is 7.17. The summed E-state index contributed by atoms with van der Waals surface area (Å²) in [4.78, 5) is 22.7. The molecule has 2 aromatic carbocycles. The van der Waals surface area contributed by atoms with Crippen molar-refractivity contribution in [3.8, 4) is 0 Å². The molecule has 130 valence electrons. The fourth-order valence-corrected chi connectivity index (χ4v) is 2.62. The molecule has 0 bridgehead atoms. The first kappa shape index (κ1) is 18.7. The molecule has 0 saturated carbocycles. The van der Waals surface area contributed by atoms with Gasteiger partial charge in [-0.1, -0.05) is 30.3 Å². The maximum absolute atomic E-state index is 11.8. The average molecular weight is 376 g/mol. The van der Waals surface area contributed by atoms with E-state index in [4.69, 9.17) is 12.2 Å². The summed E-state index contributed by atoms with van der Waals surface area (Å²) < 4.78 is 0. The Bertz CT molecular complexity index is 739. The van der Waals surface area contributed by atoms with Gasteiger partial charge in [0.25, 0.3) is 5.69 Å². The molecule has 3 N–H and O–H groups in total. The summed E-state index contributed by atoms with van der Waals surface area (Å²) >= 11 is 6.35. The van der Waals surface area contributed by atoms with Gasteiger partial charge in [0, 0.05) is 23.6 Å². The van der Waals surface area contributed by atoms with Crippen LogP contribution >= 0.6 is 24.0 Å². The third kappa shape index (κ3) is 6.77. The number of amides is 1. The fourth-order valence-electron chi connectivity index (χ4n) is 1.80. The third-order valence-electron chi connectivity index (χ3n) is 3.03. The molecule has 0 atom stereocenters. The molecule has 9 heteroatoms. The number of hydrazine groups is 1. The number of hydrogen-bond acceptors (Lipinski definition) is 5. The van der Waals surface area contributed by atoms with Gasteiger partial charge in [0.2, 0.25) is 5.91 Å². The number of carbonyl (C=O) groups excluding carboxylic acids is 1. The van der Waals surface area contributed by atoms with Crippen LogP contribution in [-0.4, -0.2) is 21.7 Å². The lowest BCUT2D eigenvalue weighted by Crippen LogP contribution is -2.47. The van der Waals surface area contributed by atoms with Gasteiger partial charge in [-0.05, 0) is 29.9 Å². The van der Waals surface area contributed by atoms with Crippen LogP contribution in [0.25, 0.3) is 0 Å². The monoisotopic (exact) mass is 376 g/mol. The van der Waals surface area contributed by atoms with E-state index >= 15 is 0 Å². The van der Waals surface area contributed by atoms with Crippen molar-refractivity contribution in [2.75, 3.05) is 5.75 Å². The fraction of sp³-hybridized carbons (Fsp3) is 0.125. The second kappa shape index (κ2) is 9.60. The zero-order valence-corrected chi connectivity index (χ0v) is 14.7. The number of non-ortho nitro benzene ring substituents is 1. The second-order valence-corrected chi connectivity index (χ2v) is 6.34. The molecule has 2 rings (SSSR count). The lowest BCUT2D eigenvalue weighted by Gasteiger charge is -2.11. The number of hydrogen-bond donors (Lipinski definition) is 3. The zero-order chi connectivity index (χ0) is 18.1. The van der Waals surface area contributed by atoms with Crippen LogP contribution in [-0.2, 0) is 11.3 Å². The van der Waals surface area contributed by atoms with Crippen LogP contribution in [0, 0.1) is 10.1 Å². The van der Waals surface area contributed by atoms with Crippen molar-refractivity contribution in [1.29, 1.82) is 0 Å². The minimum absolute atomic E-state index is 0.0188. The number of thioether (sulfide) groups is 1. The SMILES string of the molecule is O=C(CSc1ccc([N+](=O)[O-])cc1)NNC(=S)NCc1ccccc1.